The van der Waals surface area contributed by atoms with Gasteiger partial charge in [0.15, 0.2) is 5.78 Å². The number of anilines is 1. The highest BCUT2D eigenvalue weighted by atomic mass is 32.2. The third kappa shape index (κ3) is 4.20. The maximum absolute atomic E-state index is 12.8. The standard InChI is InChI=1S/C19H21F3N6O3S/c1-2-32(30,31)28-14-6-9-27(18-12-5-8-23-17(12)24-11-25-18)10-13(14)16(26-28)15(29)4-3-7-19(20,21)22/h5,8,11H,2-4,6-7,9-10H2,1H3,(H,23,24,25). The lowest BCUT2D eigenvalue weighted by Gasteiger charge is -2.29. The summed E-state index contributed by atoms with van der Waals surface area (Å²) in [5.74, 6) is -0.210. The Morgan fingerprint density at radius 1 is 1.28 bits per heavy atom. The number of hydrogen-bond donors (Lipinski definition) is 1. The summed E-state index contributed by atoms with van der Waals surface area (Å²) in [5, 5.41) is 4.83. The number of H-pyrrole nitrogens is 1. The maximum atomic E-state index is 12.8. The third-order valence-corrected chi connectivity index (χ3v) is 6.97. The van der Waals surface area contributed by atoms with Gasteiger partial charge in [0, 0.05) is 44.1 Å². The first-order chi connectivity index (χ1) is 15.1. The number of carbonyl (C=O) groups is 1. The summed E-state index contributed by atoms with van der Waals surface area (Å²) in [4.78, 5) is 26.1. The van der Waals surface area contributed by atoms with Crippen LogP contribution in [0.3, 0.4) is 0 Å². The largest absolute Gasteiger partial charge is 0.389 e. The third-order valence-electron chi connectivity index (χ3n) is 5.41. The van der Waals surface area contributed by atoms with Crippen LogP contribution in [0.25, 0.3) is 11.0 Å². The summed E-state index contributed by atoms with van der Waals surface area (Å²) in [7, 11) is -3.78. The predicted octanol–water partition coefficient (Wildman–Crippen LogP) is 2.83. The van der Waals surface area contributed by atoms with Crippen LogP contribution in [0, 0.1) is 0 Å². The van der Waals surface area contributed by atoms with Crippen LogP contribution in [0.2, 0.25) is 0 Å². The van der Waals surface area contributed by atoms with Crippen molar-refractivity contribution in [2.24, 2.45) is 0 Å². The van der Waals surface area contributed by atoms with E-state index >= 15 is 0 Å². The molecule has 0 aliphatic carbocycles. The molecule has 0 bridgehead atoms. The van der Waals surface area contributed by atoms with E-state index in [1.165, 1.54) is 13.3 Å². The molecule has 172 valence electrons. The lowest BCUT2D eigenvalue weighted by atomic mass is 10.0. The molecule has 0 amide bonds. The van der Waals surface area contributed by atoms with Gasteiger partial charge >= 0.3 is 6.18 Å². The summed E-state index contributed by atoms with van der Waals surface area (Å²) < 4.78 is 63.5. The summed E-state index contributed by atoms with van der Waals surface area (Å²) in [6, 6.07) is 1.81. The maximum Gasteiger partial charge on any atom is 0.389 e. The smallest absolute Gasteiger partial charge is 0.351 e. The average Bonchev–Trinajstić information content (AvgIpc) is 3.37. The minimum absolute atomic E-state index is 0.0942. The number of rotatable bonds is 7. The summed E-state index contributed by atoms with van der Waals surface area (Å²) in [5.41, 5.74) is 1.34. The van der Waals surface area contributed by atoms with Crippen LogP contribution < -0.4 is 4.90 Å². The van der Waals surface area contributed by atoms with Crippen LogP contribution in [0.1, 0.15) is 47.9 Å². The monoisotopic (exact) mass is 470 g/mol. The van der Waals surface area contributed by atoms with Crippen LogP contribution >= 0.6 is 0 Å². The molecule has 1 aliphatic rings. The number of alkyl halides is 3. The summed E-state index contributed by atoms with van der Waals surface area (Å²) in [6.45, 7) is 2.05. The second-order valence-electron chi connectivity index (χ2n) is 7.52. The number of Topliss-reactive ketones (excluding diaryl/α,β-unsaturated/α-hetero) is 1. The summed E-state index contributed by atoms with van der Waals surface area (Å²) in [6.07, 6.45) is -2.80. The molecule has 0 fully saturated rings. The van der Waals surface area contributed by atoms with E-state index in [1.807, 2.05) is 11.0 Å². The molecule has 0 saturated heterocycles. The number of carbonyl (C=O) groups excluding carboxylic acids is 1. The van der Waals surface area contributed by atoms with Crippen molar-refractivity contribution in [3.63, 3.8) is 0 Å². The second-order valence-corrected chi connectivity index (χ2v) is 9.61. The van der Waals surface area contributed by atoms with Crippen LogP contribution in [-0.4, -0.2) is 56.8 Å². The van der Waals surface area contributed by atoms with E-state index in [0.29, 0.717) is 29.3 Å². The minimum atomic E-state index is -4.36. The molecule has 0 unspecified atom stereocenters. The molecule has 32 heavy (non-hydrogen) atoms. The van der Waals surface area contributed by atoms with Gasteiger partial charge in [-0.05, 0) is 19.4 Å². The van der Waals surface area contributed by atoms with Gasteiger partial charge < -0.3 is 9.88 Å². The van der Waals surface area contributed by atoms with Crippen molar-refractivity contribution in [1.82, 2.24) is 24.1 Å². The fourth-order valence-electron chi connectivity index (χ4n) is 3.82. The summed E-state index contributed by atoms with van der Waals surface area (Å²) >= 11 is 0. The Balaban J connectivity index is 1.70. The molecule has 1 N–H and O–H groups in total. The lowest BCUT2D eigenvalue weighted by Crippen LogP contribution is -2.33. The number of ketones is 1. The Morgan fingerprint density at radius 3 is 2.78 bits per heavy atom. The van der Waals surface area contributed by atoms with Gasteiger partial charge in [0.2, 0.25) is 0 Å². The van der Waals surface area contributed by atoms with Crippen molar-refractivity contribution < 1.29 is 26.4 Å². The number of hydrogen-bond acceptors (Lipinski definition) is 7. The van der Waals surface area contributed by atoms with Crippen molar-refractivity contribution in [3.05, 3.63) is 35.5 Å². The zero-order valence-corrected chi connectivity index (χ0v) is 18.0. The molecule has 0 radical (unpaired) electrons. The van der Waals surface area contributed by atoms with E-state index in [9.17, 15) is 26.4 Å². The highest BCUT2D eigenvalue weighted by Crippen LogP contribution is 2.31. The first-order valence-electron chi connectivity index (χ1n) is 10.1. The minimum Gasteiger partial charge on any atom is -0.351 e. The fraction of sp³-hybridized carbons (Fsp3) is 0.474. The van der Waals surface area contributed by atoms with E-state index in [1.54, 1.807) is 6.20 Å². The number of nitrogens with one attached hydrogen (secondary N) is 1. The van der Waals surface area contributed by atoms with Gasteiger partial charge in [-0.1, -0.05) is 0 Å². The van der Waals surface area contributed by atoms with E-state index in [2.05, 4.69) is 20.1 Å². The molecular weight excluding hydrogens is 449 g/mol. The number of aromatic amines is 1. The van der Waals surface area contributed by atoms with Crippen LogP contribution in [-0.2, 0) is 23.0 Å². The van der Waals surface area contributed by atoms with Crippen molar-refractivity contribution in [2.75, 3.05) is 17.2 Å². The van der Waals surface area contributed by atoms with Crippen molar-refractivity contribution in [3.8, 4) is 0 Å². The highest BCUT2D eigenvalue weighted by Gasteiger charge is 2.33. The van der Waals surface area contributed by atoms with Gasteiger partial charge in [-0.15, -0.1) is 0 Å². The zero-order valence-electron chi connectivity index (χ0n) is 17.2. The van der Waals surface area contributed by atoms with Crippen molar-refractivity contribution in [1.29, 1.82) is 0 Å². The average molecular weight is 470 g/mol. The van der Waals surface area contributed by atoms with E-state index in [4.69, 9.17) is 0 Å². The Labute approximate surface area is 181 Å². The Hall–Kier alpha value is -2.96. The van der Waals surface area contributed by atoms with E-state index in [-0.39, 0.29) is 37.3 Å². The van der Waals surface area contributed by atoms with Gasteiger partial charge in [-0.3, -0.25) is 4.79 Å². The molecule has 3 aromatic rings. The number of halogens is 3. The number of nitrogens with zero attached hydrogens (tertiary/aromatic N) is 5. The molecule has 13 heteroatoms. The van der Waals surface area contributed by atoms with Gasteiger partial charge in [0.05, 0.1) is 16.8 Å². The lowest BCUT2D eigenvalue weighted by molar-refractivity contribution is -0.135. The van der Waals surface area contributed by atoms with Gasteiger partial charge in [0.25, 0.3) is 10.0 Å². The molecule has 0 atom stereocenters. The molecule has 9 nitrogen and oxygen atoms in total. The molecule has 0 saturated carbocycles. The number of fused-ring (bicyclic) bond motifs is 2. The normalized spacial score (nSPS) is 14.7. The molecule has 4 heterocycles. The van der Waals surface area contributed by atoms with Gasteiger partial charge in [0.1, 0.15) is 23.5 Å². The molecule has 4 rings (SSSR count). The topological polar surface area (TPSA) is 114 Å². The SMILES string of the molecule is CCS(=O)(=O)n1nc(C(=O)CCCC(F)(F)F)c2c1CCN(c1ncnc3[nH]ccc13)C2. The van der Waals surface area contributed by atoms with E-state index < -0.39 is 28.4 Å². The van der Waals surface area contributed by atoms with Crippen molar-refractivity contribution >= 4 is 32.7 Å². The molecule has 0 spiro atoms. The number of aromatic nitrogens is 5. The van der Waals surface area contributed by atoms with Crippen LogP contribution in [0.15, 0.2) is 18.6 Å². The zero-order chi connectivity index (χ0) is 23.1. The molecular formula is C19H21F3N6O3S. The first kappa shape index (κ1) is 22.2. The Kier molecular flexibility index (Phi) is 5.69. The second kappa shape index (κ2) is 8.19. The first-order valence-corrected chi connectivity index (χ1v) is 11.7. The molecule has 3 aromatic heterocycles. The predicted molar refractivity (Wildman–Crippen MR) is 110 cm³/mol. The van der Waals surface area contributed by atoms with E-state index in [0.717, 1.165) is 9.47 Å². The molecule has 0 aromatic carbocycles. The van der Waals surface area contributed by atoms with Crippen LogP contribution in [0.5, 0.6) is 0 Å². The fourth-order valence-corrected chi connectivity index (χ4v) is 4.81. The Bertz CT molecular complexity index is 1270. The quantitative estimate of drug-likeness (QED) is 0.528. The molecule has 1 aliphatic heterocycles. The Morgan fingerprint density at radius 2 is 2.06 bits per heavy atom. The van der Waals surface area contributed by atoms with Gasteiger partial charge in [-0.25, -0.2) is 18.4 Å². The van der Waals surface area contributed by atoms with Gasteiger partial charge in [-0.2, -0.15) is 22.4 Å². The highest BCUT2D eigenvalue weighted by molar-refractivity contribution is 7.89. The van der Waals surface area contributed by atoms with Crippen LogP contribution in [0.4, 0.5) is 19.0 Å². The van der Waals surface area contributed by atoms with Crippen molar-refractivity contribution in [2.45, 2.75) is 45.3 Å².